The van der Waals surface area contributed by atoms with Crippen LogP contribution in [-0.4, -0.2) is 19.0 Å². The highest BCUT2D eigenvalue weighted by Crippen LogP contribution is 2.21. The van der Waals surface area contributed by atoms with E-state index in [1.54, 1.807) is 0 Å². The molecule has 0 aromatic rings. The van der Waals surface area contributed by atoms with Gasteiger partial charge in [0, 0.05) is 6.61 Å². The Balaban J connectivity index is 2.11. The lowest BCUT2D eigenvalue weighted by Gasteiger charge is -2.25. The van der Waals surface area contributed by atoms with Crippen LogP contribution >= 0.6 is 0 Å². The zero-order valence-corrected chi connectivity index (χ0v) is 8.21. The number of rotatable bonds is 4. The molecule has 0 bridgehead atoms. The van der Waals surface area contributed by atoms with Gasteiger partial charge in [0.1, 0.15) is 0 Å². The first-order valence-corrected chi connectivity index (χ1v) is 5.10. The third-order valence-electron chi connectivity index (χ3n) is 2.34. The molecule has 0 saturated heterocycles. The van der Waals surface area contributed by atoms with Crippen molar-refractivity contribution in [2.24, 2.45) is 0 Å². The van der Waals surface area contributed by atoms with Crippen molar-refractivity contribution < 1.29 is 9.47 Å². The Kier molecular flexibility index (Phi) is 4.62. The third-order valence-corrected chi connectivity index (χ3v) is 2.34. The lowest BCUT2D eigenvalue weighted by Crippen LogP contribution is -2.24. The lowest BCUT2D eigenvalue weighted by atomic mass is 9.98. The van der Waals surface area contributed by atoms with Crippen molar-refractivity contribution in [3.8, 4) is 0 Å². The molecule has 0 spiro atoms. The maximum atomic E-state index is 5.71. The first kappa shape index (κ1) is 10.0. The minimum atomic E-state index is -0.0156. The van der Waals surface area contributed by atoms with Crippen molar-refractivity contribution in [3.63, 3.8) is 0 Å². The van der Waals surface area contributed by atoms with E-state index in [4.69, 9.17) is 9.47 Å². The smallest absolute Gasteiger partial charge is 0.155 e. The molecule has 1 aliphatic carbocycles. The van der Waals surface area contributed by atoms with E-state index in [0.717, 1.165) is 6.61 Å². The lowest BCUT2D eigenvalue weighted by molar-refractivity contribution is -0.163. The summed E-state index contributed by atoms with van der Waals surface area (Å²) in [6.07, 6.45) is 6.91. The van der Waals surface area contributed by atoms with Crippen LogP contribution in [0.1, 0.15) is 46.0 Å². The second-order valence-corrected chi connectivity index (χ2v) is 3.42. The van der Waals surface area contributed by atoms with E-state index in [9.17, 15) is 0 Å². The van der Waals surface area contributed by atoms with E-state index >= 15 is 0 Å². The van der Waals surface area contributed by atoms with Gasteiger partial charge in [-0.15, -0.1) is 0 Å². The third kappa shape index (κ3) is 3.55. The summed E-state index contributed by atoms with van der Waals surface area (Å²) in [5.41, 5.74) is 0. The molecule has 2 heteroatoms. The highest BCUT2D eigenvalue weighted by atomic mass is 16.7. The van der Waals surface area contributed by atoms with Gasteiger partial charge in [-0.2, -0.15) is 0 Å². The van der Waals surface area contributed by atoms with Crippen molar-refractivity contribution in [1.82, 2.24) is 0 Å². The van der Waals surface area contributed by atoms with Crippen LogP contribution in [-0.2, 0) is 9.47 Å². The van der Waals surface area contributed by atoms with Crippen molar-refractivity contribution in [2.75, 3.05) is 6.61 Å². The van der Waals surface area contributed by atoms with Crippen LogP contribution in [0.15, 0.2) is 0 Å². The zero-order valence-electron chi connectivity index (χ0n) is 8.21. The average molecular weight is 172 g/mol. The summed E-state index contributed by atoms with van der Waals surface area (Å²) in [4.78, 5) is 0. The SMILES string of the molecule is CCOC(C)OC1CCCCC1. The van der Waals surface area contributed by atoms with Gasteiger partial charge in [0.2, 0.25) is 0 Å². The van der Waals surface area contributed by atoms with E-state index in [0.29, 0.717) is 6.10 Å². The zero-order chi connectivity index (χ0) is 8.81. The van der Waals surface area contributed by atoms with Crippen LogP contribution < -0.4 is 0 Å². The normalized spacial score (nSPS) is 22.5. The van der Waals surface area contributed by atoms with E-state index in [1.165, 1.54) is 32.1 Å². The predicted molar refractivity (Wildman–Crippen MR) is 49.0 cm³/mol. The van der Waals surface area contributed by atoms with E-state index < -0.39 is 0 Å². The Bertz CT molecular complexity index is 108. The molecule has 12 heavy (non-hydrogen) atoms. The molecule has 0 aliphatic heterocycles. The predicted octanol–water partition coefficient (Wildman–Crippen LogP) is 2.72. The summed E-state index contributed by atoms with van der Waals surface area (Å²) in [6, 6.07) is 0. The fraction of sp³-hybridized carbons (Fsp3) is 1.00. The number of ether oxygens (including phenoxy) is 2. The van der Waals surface area contributed by atoms with Crippen LogP contribution in [0.4, 0.5) is 0 Å². The summed E-state index contributed by atoms with van der Waals surface area (Å²) >= 11 is 0. The molecule has 0 heterocycles. The van der Waals surface area contributed by atoms with Gasteiger partial charge >= 0.3 is 0 Å². The maximum Gasteiger partial charge on any atom is 0.155 e. The van der Waals surface area contributed by atoms with Gasteiger partial charge < -0.3 is 9.47 Å². The maximum absolute atomic E-state index is 5.71. The Morgan fingerprint density at radius 2 is 1.92 bits per heavy atom. The highest BCUT2D eigenvalue weighted by molar-refractivity contribution is 4.65. The Morgan fingerprint density at radius 1 is 1.25 bits per heavy atom. The van der Waals surface area contributed by atoms with Crippen LogP contribution in [0.5, 0.6) is 0 Å². The van der Waals surface area contributed by atoms with Gasteiger partial charge in [0.05, 0.1) is 6.10 Å². The molecule has 0 radical (unpaired) electrons. The molecule has 0 amide bonds. The van der Waals surface area contributed by atoms with Gasteiger partial charge in [0.15, 0.2) is 6.29 Å². The Hall–Kier alpha value is -0.0800. The first-order valence-electron chi connectivity index (χ1n) is 5.10. The monoisotopic (exact) mass is 172 g/mol. The molecular formula is C10H20O2. The summed E-state index contributed by atoms with van der Waals surface area (Å²) in [5.74, 6) is 0. The second kappa shape index (κ2) is 5.55. The summed E-state index contributed by atoms with van der Waals surface area (Å²) in [5, 5.41) is 0. The number of hydrogen-bond acceptors (Lipinski definition) is 2. The summed E-state index contributed by atoms with van der Waals surface area (Å²) < 4.78 is 11.0. The fourth-order valence-electron chi connectivity index (χ4n) is 1.75. The van der Waals surface area contributed by atoms with Gasteiger partial charge in [0.25, 0.3) is 0 Å². The van der Waals surface area contributed by atoms with Gasteiger partial charge in [-0.3, -0.25) is 0 Å². The first-order chi connectivity index (χ1) is 5.83. The van der Waals surface area contributed by atoms with Crippen LogP contribution in [0.2, 0.25) is 0 Å². The minimum absolute atomic E-state index is 0.0156. The van der Waals surface area contributed by atoms with E-state index in [2.05, 4.69) is 0 Å². The second-order valence-electron chi connectivity index (χ2n) is 3.42. The molecule has 1 rings (SSSR count). The summed E-state index contributed by atoms with van der Waals surface area (Å²) in [6.45, 7) is 4.73. The van der Waals surface area contributed by atoms with Gasteiger partial charge in [-0.1, -0.05) is 19.3 Å². The molecule has 1 atom stereocenters. The summed E-state index contributed by atoms with van der Waals surface area (Å²) in [7, 11) is 0. The molecule has 1 unspecified atom stereocenters. The fourth-order valence-corrected chi connectivity index (χ4v) is 1.75. The number of hydrogen-bond donors (Lipinski definition) is 0. The van der Waals surface area contributed by atoms with E-state index in [1.807, 2.05) is 13.8 Å². The average Bonchev–Trinajstić information content (AvgIpc) is 2.06. The molecule has 1 fully saturated rings. The van der Waals surface area contributed by atoms with E-state index in [-0.39, 0.29) is 6.29 Å². The molecule has 2 nitrogen and oxygen atoms in total. The van der Waals surface area contributed by atoms with Crippen LogP contribution in [0.3, 0.4) is 0 Å². The highest BCUT2D eigenvalue weighted by Gasteiger charge is 2.16. The van der Waals surface area contributed by atoms with Crippen molar-refractivity contribution in [1.29, 1.82) is 0 Å². The van der Waals surface area contributed by atoms with Crippen molar-refractivity contribution in [3.05, 3.63) is 0 Å². The standard InChI is InChI=1S/C10H20O2/c1-3-11-9(2)12-10-7-5-4-6-8-10/h9-10H,3-8H2,1-2H3. The molecule has 1 aliphatic rings. The minimum Gasteiger partial charge on any atom is -0.353 e. The molecule has 0 aromatic heterocycles. The van der Waals surface area contributed by atoms with Crippen LogP contribution in [0, 0.1) is 0 Å². The van der Waals surface area contributed by atoms with Crippen molar-refractivity contribution in [2.45, 2.75) is 58.3 Å². The molecule has 0 aromatic carbocycles. The van der Waals surface area contributed by atoms with Gasteiger partial charge in [-0.05, 0) is 26.7 Å². The van der Waals surface area contributed by atoms with Gasteiger partial charge in [-0.25, -0.2) is 0 Å². The Labute approximate surface area is 75.2 Å². The molecular weight excluding hydrogens is 152 g/mol. The molecule has 0 N–H and O–H groups in total. The quantitative estimate of drug-likeness (QED) is 0.607. The van der Waals surface area contributed by atoms with Crippen LogP contribution in [0.25, 0.3) is 0 Å². The molecule has 72 valence electrons. The Morgan fingerprint density at radius 3 is 2.50 bits per heavy atom. The molecule has 1 saturated carbocycles. The van der Waals surface area contributed by atoms with Crippen molar-refractivity contribution >= 4 is 0 Å². The topological polar surface area (TPSA) is 18.5 Å². The largest absolute Gasteiger partial charge is 0.353 e.